The highest BCUT2D eigenvalue weighted by Gasteiger charge is 2.11. The maximum atomic E-state index is 3.29. The molecule has 0 spiro atoms. The Morgan fingerprint density at radius 1 is 1.00 bits per heavy atom. The third-order valence-electron chi connectivity index (χ3n) is 3.03. The Morgan fingerprint density at radius 2 is 1.56 bits per heavy atom. The predicted molar refractivity (Wildman–Crippen MR) is 74.4 cm³/mol. The summed E-state index contributed by atoms with van der Waals surface area (Å²) in [5.41, 5.74) is 1.42. The summed E-state index contributed by atoms with van der Waals surface area (Å²) in [5.74, 6) is 0.618. The van der Waals surface area contributed by atoms with Crippen LogP contribution >= 0.6 is 11.8 Å². The van der Waals surface area contributed by atoms with Crippen molar-refractivity contribution in [2.45, 2.75) is 49.8 Å². The van der Waals surface area contributed by atoms with Crippen LogP contribution in [0.2, 0.25) is 0 Å². The zero-order valence-corrected chi connectivity index (χ0v) is 11.8. The molecule has 1 aromatic carbocycles. The molecule has 1 nitrogen and oxygen atoms in total. The first-order chi connectivity index (χ1) is 7.54. The number of hydrogen-bond acceptors (Lipinski definition) is 2. The predicted octanol–water partition coefficient (Wildman–Crippen LogP) is 3.90. The van der Waals surface area contributed by atoms with Crippen molar-refractivity contribution in [1.82, 2.24) is 5.32 Å². The molecule has 1 N–H and O–H groups in total. The van der Waals surface area contributed by atoms with Crippen LogP contribution < -0.4 is 5.32 Å². The molecule has 0 aliphatic rings. The molecule has 0 saturated heterocycles. The Hall–Kier alpha value is -0.470. The van der Waals surface area contributed by atoms with E-state index in [0.29, 0.717) is 17.2 Å². The van der Waals surface area contributed by atoms with Gasteiger partial charge in [0.2, 0.25) is 0 Å². The Kier molecular flexibility index (Phi) is 5.36. The molecule has 2 atom stereocenters. The molecular formula is C14H23NS. The van der Waals surface area contributed by atoms with Gasteiger partial charge in [-0.2, -0.15) is 0 Å². The van der Waals surface area contributed by atoms with Crippen molar-refractivity contribution in [3.8, 4) is 0 Å². The molecule has 1 aromatic rings. The van der Waals surface area contributed by atoms with Crippen molar-refractivity contribution in [2.75, 3.05) is 7.05 Å². The summed E-state index contributed by atoms with van der Waals surface area (Å²) in [6.45, 7) is 8.95. The standard InChI is InChI=1S/C14H23NS/c1-10(2)13-6-8-14(9-7-13)16-12(4)11(3)15-5/h6-12,15H,1-5H3. The molecule has 2 unspecified atom stereocenters. The summed E-state index contributed by atoms with van der Waals surface area (Å²) >= 11 is 1.93. The maximum absolute atomic E-state index is 3.29. The highest BCUT2D eigenvalue weighted by molar-refractivity contribution is 8.00. The monoisotopic (exact) mass is 237 g/mol. The van der Waals surface area contributed by atoms with Crippen LogP contribution in [0.25, 0.3) is 0 Å². The summed E-state index contributed by atoms with van der Waals surface area (Å²) in [6, 6.07) is 9.49. The van der Waals surface area contributed by atoms with Crippen LogP contribution in [-0.4, -0.2) is 18.3 Å². The van der Waals surface area contributed by atoms with E-state index >= 15 is 0 Å². The largest absolute Gasteiger partial charge is 0.316 e. The third-order valence-corrected chi connectivity index (χ3v) is 4.35. The fourth-order valence-electron chi connectivity index (χ4n) is 1.48. The molecule has 0 aromatic heterocycles. The molecule has 0 bridgehead atoms. The van der Waals surface area contributed by atoms with E-state index < -0.39 is 0 Å². The van der Waals surface area contributed by atoms with Gasteiger partial charge in [0, 0.05) is 16.2 Å². The fourth-order valence-corrected chi connectivity index (χ4v) is 2.55. The van der Waals surface area contributed by atoms with Crippen molar-refractivity contribution in [1.29, 1.82) is 0 Å². The lowest BCUT2D eigenvalue weighted by atomic mass is 10.0. The number of thioether (sulfide) groups is 1. The zero-order chi connectivity index (χ0) is 12.1. The van der Waals surface area contributed by atoms with E-state index in [0.717, 1.165) is 0 Å². The Morgan fingerprint density at radius 3 is 2.00 bits per heavy atom. The second kappa shape index (κ2) is 6.31. The molecule has 0 saturated carbocycles. The van der Waals surface area contributed by atoms with E-state index in [1.165, 1.54) is 10.5 Å². The van der Waals surface area contributed by atoms with Crippen molar-refractivity contribution in [2.24, 2.45) is 0 Å². The van der Waals surface area contributed by atoms with Crippen molar-refractivity contribution < 1.29 is 0 Å². The smallest absolute Gasteiger partial charge is 0.0217 e. The van der Waals surface area contributed by atoms with E-state index in [1.807, 2.05) is 18.8 Å². The van der Waals surface area contributed by atoms with Crippen LogP contribution in [0.5, 0.6) is 0 Å². The van der Waals surface area contributed by atoms with E-state index in [-0.39, 0.29) is 0 Å². The first kappa shape index (κ1) is 13.6. The van der Waals surface area contributed by atoms with Gasteiger partial charge in [-0.05, 0) is 37.6 Å². The van der Waals surface area contributed by atoms with Gasteiger partial charge in [-0.25, -0.2) is 0 Å². The molecule has 0 heterocycles. The summed E-state index contributed by atoms with van der Waals surface area (Å²) in [5, 5.41) is 3.89. The molecule has 2 heteroatoms. The third kappa shape index (κ3) is 3.84. The summed E-state index contributed by atoms with van der Waals surface area (Å²) < 4.78 is 0. The average Bonchev–Trinajstić information content (AvgIpc) is 2.28. The lowest BCUT2D eigenvalue weighted by molar-refractivity contribution is 0.605. The highest BCUT2D eigenvalue weighted by Crippen LogP contribution is 2.26. The number of hydrogen-bond donors (Lipinski definition) is 1. The average molecular weight is 237 g/mol. The number of benzene rings is 1. The van der Waals surface area contributed by atoms with Gasteiger partial charge in [0.25, 0.3) is 0 Å². The van der Waals surface area contributed by atoms with Crippen LogP contribution in [0.3, 0.4) is 0 Å². The minimum absolute atomic E-state index is 0.537. The van der Waals surface area contributed by atoms with Gasteiger partial charge in [-0.3, -0.25) is 0 Å². The molecule has 0 radical (unpaired) electrons. The number of nitrogens with one attached hydrogen (secondary N) is 1. The molecular weight excluding hydrogens is 214 g/mol. The minimum atomic E-state index is 0.537. The molecule has 16 heavy (non-hydrogen) atoms. The SMILES string of the molecule is CNC(C)C(C)Sc1ccc(C(C)C)cc1. The van der Waals surface area contributed by atoms with Crippen molar-refractivity contribution in [3.05, 3.63) is 29.8 Å². The molecule has 0 aliphatic heterocycles. The Balaban J connectivity index is 2.61. The van der Waals surface area contributed by atoms with E-state index in [4.69, 9.17) is 0 Å². The molecule has 0 fully saturated rings. The first-order valence-corrected chi connectivity index (χ1v) is 6.86. The molecule has 1 rings (SSSR count). The van der Waals surface area contributed by atoms with E-state index in [1.54, 1.807) is 0 Å². The first-order valence-electron chi connectivity index (χ1n) is 5.98. The molecule has 90 valence electrons. The van der Waals surface area contributed by atoms with Crippen molar-refractivity contribution in [3.63, 3.8) is 0 Å². The Bertz CT molecular complexity index is 305. The van der Waals surface area contributed by atoms with E-state index in [9.17, 15) is 0 Å². The van der Waals surface area contributed by atoms with E-state index in [2.05, 4.69) is 57.3 Å². The van der Waals surface area contributed by atoms with Gasteiger partial charge in [0.15, 0.2) is 0 Å². The van der Waals surface area contributed by atoms with Gasteiger partial charge < -0.3 is 5.32 Å². The summed E-state index contributed by atoms with van der Waals surface area (Å²) in [6.07, 6.45) is 0. The van der Waals surface area contributed by atoms with Crippen molar-refractivity contribution >= 4 is 11.8 Å². The quantitative estimate of drug-likeness (QED) is 0.780. The van der Waals surface area contributed by atoms with Gasteiger partial charge in [-0.1, -0.05) is 32.9 Å². The lowest BCUT2D eigenvalue weighted by Gasteiger charge is -2.18. The van der Waals surface area contributed by atoms with Gasteiger partial charge in [-0.15, -0.1) is 11.8 Å². The number of rotatable bonds is 5. The highest BCUT2D eigenvalue weighted by atomic mass is 32.2. The summed E-state index contributed by atoms with van der Waals surface area (Å²) in [4.78, 5) is 1.36. The topological polar surface area (TPSA) is 12.0 Å². The molecule has 0 amide bonds. The van der Waals surface area contributed by atoms with Crippen LogP contribution in [0.4, 0.5) is 0 Å². The fraction of sp³-hybridized carbons (Fsp3) is 0.571. The van der Waals surface area contributed by atoms with Crippen LogP contribution in [0, 0.1) is 0 Å². The van der Waals surface area contributed by atoms with Gasteiger partial charge >= 0.3 is 0 Å². The van der Waals surface area contributed by atoms with Gasteiger partial charge in [0.05, 0.1) is 0 Å². The van der Waals surface area contributed by atoms with Crippen LogP contribution in [0.1, 0.15) is 39.2 Å². The molecule has 0 aliphatic carbocycles. The lowest BCUT2D eigenvalue weighted by Crippen LogP contribution is -2.30. The minimum Gasteiger partial charge on any atom is -0.316 e. The van der Waals surface area contributed by atoms with Crippen LogP contribution in [0.15, 0.2) is 29.2 Å². The van der Waals surface area contributed by atoms with Crippen LogP contribution in [-0.2, 0) is 0 Å². The second-order valence-electron chi connectivity index (χ2n) is 4.62. The zero-order valence-electron chi connectivity index (χ0n) is 10.9. The maximum Gasteiger partial charge on any atom is 0.0217 e. The van der Waals surface area contributed by atoms with Gasteiger partial charge in [0.1, 0.15) is 0 Å². The Labute approximate surface area is 104 Å². The summed E-state index contributed by atoms with van der Waals surface area (Å²) in [7, 11) is 2.02. The second-order valence-corrected chi connectivity index (χ2v) is 6.07. The normalized spacial score (nSPS) is 15.1.